The molecule has 0 bridgehead atoms. The Hall–Kier alpha value is -2.30. The maximum atomic E-state index is 12.9. The minimum Gasteiger partial charge on any atom is -0.278 e. The summed E-state index contributed by atoms with van der Waals surface area (Å²) in [6, 6.07) is 13.2. The van der Waals surface area contributed by atoms with E-state index in [1.807, 2.05) is 24.3 Å². The van der Waals surface area contributed by atoms with Crippen molar-refractivity contribution in [3.8, 4) is 0 Å². The largest absolute Gasteiger partial charge is 0.418 e. The van der Waals surface area contributed by atoms with E-state index in [0.717, 1.165) is 30.2 Å². The Morgan fingerprint density at radius 1 is 0.905 bits per heavy atom. The molecule has 0 aromatic heterocycles. The van der Waals surface area contributed by atoms with Crippen LogP contribution in [0.5, 0.6) is 0 Å². The minimum atomic E-state index is -4.39. The van der Waals surface area contributed by atoms with Gasteiger partial charge in [-0.05, 0) is 30.5 Å². The number of rotatable bonds is 2. The second-order valence-corrected chi connectivity index (χ2v) is 4.87. The van der Waals surface area contributed by atoms with Crippen molar-refractivity contribution in [3.63, 3.8) is 0 Å². The van der Waals surface area contributed by atoms with Crippen molar-refractivity contribution in [2.24, 2.45) is 5.10 Å². The summed E-state index contributed by atoms with van der Waals surface area (Å²) >= 11 is 0. The average molecular weight is 290 g/mol. The third-order valence-electron chi connectivity index (χ3n) is 3.50. The molecule has 0 heterocycles. The fourth-order valence-electron chi connectivity index (χ4n) is 2.48. The summed E-state index contributed by atoms with van der Waals surface area (Å²) in [5, 5.41) is 4.18. The number of aryl methyl sites for hydroxylation is 1. The molecule has 0 saturated heterocycles. The number of halogens is 3. The normalized spacial score (nSPS) is 16.0. The van der Waals surface area contributed by atoms with Crippen molar-refractivity contribution in [2.75, 3.05) is 5.43 Å². The van der Waals surface area contributed by atoms with E-state index in [4.69, 9.17) is 0 Å². The van der Waals surface area contributed by atoms with E-state index in [0.29, 0.717) is 0 Å². The first-order valence-corrected chi connectivity index (χ1v) is 6.63. The first-order valence-electron chi connectivity index (χ1n) is 6.63. The first kappa shape index (κ1) is 13.7. The van der Waals surface area contributed by atoms with Gasteiger partial charge in [-0.1, -0.05) is 36.4 Å². The Bertz CT molecular complexity index is 690. The van der Waals surface area contributed by atoms with E-state index in [9.17, 15) is 13.2 Å². The van der Waals surface area contributed by atoms with Gasteiger partial charge in [-0.25, -0.2) is 0 Å². The summed E-state index contributed by atoms with van der Waals surface area (Å²) < 4.78 is 38.7. The molecular weight excluding hydrogens is 277 g/mol. The van der Waals surface area contributed by atoms with Crippen LogP contribution in [0, 0.1) is 0 Å². The van der Waals surface area contributed by atoms with Crippen LogP contribution in [0.25, 0.3) is 0 Å². The third kappa shape index (κ3) is 2.77. The molecule has 2 nitrogen and oxygen atoms in total. The maximum absolute atomic E-state index is 12.9. The quantitative estimate of drug-likeness (QED) is 0.811. The van der Waals surface area contributed by atoms with Gasteiger partial charge in [-0.2, -0.15) is 18.3 Å². The molecule has 2 aromatic carbocycles. The third-order valence-corrected chi connectivity index (χ3v) is 3.50. The molecule has 0 unspecified atom stereocenters. The SMILES string of the molecule is FC(F)(F)c1ccccc1NN=C1CCc2ccccc21. The van der Waals surface area contributed by atoms with Gasteiger partial charge in [0.1, 0.15) is 0 Å². The Balaban J connectivity index is 1.88. The van der Waals surface area contributed by atoms with Crippen LogP contribution < -0.4 is 5.43 Å². The predicted molar refractivity (Wildman–Crippen MR) is 76.4 cm³/mol. The Morgan fingerprint density at radius 2 is 1.62 bits per heavy atom. The van der Waals surface area contributed by atoms with Crippen LogP contribution in [0.15, 0.2) is 53.6 Å². The lowest BCUT2D eigenvalue weighted by atomic mass is 10.1. The summed E-state index contributed by atoms with van der Waals surface area (Å²) in [6.07, 6.45) is -2.78. The molecule has 21 heavy (non-hydrogen) atoms. The number of nitrogens with zero attached hydrogens (tertiary/aromatic N) is 1. The number of nitrogens with one attached hydrogen (secondary N) is 1. The highest BCUT2D eigenvalue weighted by Gasteiger charge is 2.33. The molecule has 0 radical (unpaired) electrons. The zero-order valence-electron chi connectivity index (χ0n) is 11.1. The van der Waals surface area contributed by atoms with Crippen molar-refractivity contribution < 1.29 is 13.2 Å². The van der Waals surface area contributed by atoms with Crippen LogP contribution in [-0.4, -0.2) is 5.71 Å². The lowest BCUT2D eigenvalue weighted by Crippen LogP contribution is -2.09. The predicted octanol–water partition coefficient (Wildman–Crippen LogP) is 4.47. The number of anilines is 1. The summed E-state index contributed by atoms with van der Waals surface area (Å²) in [5.41, 5.74) is 4.82. The fourth-order valence-corrected chi connectivity index (χ4v) is 2.48. The van der Waals surface area contributed by atoms with Gasteiger partial charge in [0.25, 0.3) is 0 Å². The van der Waals surface area contributed by atoms with E-state index in [-0.39, 0.29) is 5.69 Å². The molecule has 1 N–H and O–H groups in total. The van der Waals surface area contributed by atoms with Crippen LogP contribution in [0.3, 0.4) is 0 Å². The van der Waals surface area contributed by atoms with Gasteiger partial charge in [0.15, 0.2) is 0 Å². The molecule has 1 aliphatic carbocycles. The molecule has 3 rings (SSSR count). The average Bonchev–Trinajstić information content (AvgIpc) is 2.88. The maximum Gasteiger partial charge on any atom is 0.418 e. The number of hydrazone groups is 1. The Morgan fingerprint density at radius 3 is 2.43 bits per heavy atom. The van der Waals surface area contributed by atoms with E-state index in [2.05, 4.69) is 10.5 Å². The standard InChI is InChI=1S/C16H13F3N2/c17-16(18,19)13-7-3-4-8-15(13)21-20-14-10-9-11-5-1-2-6-12(11)14/h1-8,21H,9-10H2. The van der Waals surface area contributed by atoms with Crippen LogP contribution >= 0.6 is 0 Å². The zero-order valence-corrected chi connectivity index (χ0v) is 11.1. The highest BCUT2D eigenvalue weighted by Crippen LogP contribution is 2.34. The Kier molecular flexibility index (Phi) is 3.41. The molecule has 0 saturated carbocycles. The van der Waals surface area contributed by atoms with E-state index >= 15 is 0 Å². The van der Waals surface area contributed by atoms with E-state index in [1.165, 1.54) is 17.7 Å². The molecular formula is C16H13F3N2. The van der Waals surface area contributed by atoms with Gasteiger partial charge < -0.3 is 0 Å². The van der Waals surface area contributed by atoms with Gasteiger partial charge in [-0.15, -0.1) is 0 Å². The molecule has 0 amide bonds. The van der Waals surface area contributed by atoms with Crippen molar-refractivity contribution in [1.82, 2.24) is 0 Å². The number of alkyl halides is 3. The molecule has 1 aliphatic rings. The summed E-state index contributed by atoms with van der Waals surface area (Å²) in [5.74, 6) is 0. The monoisotopic (exact) mass is 290 g/mol. The molecule has 0 atom stereocenters. The molecule has 0 fully saturated rings. The number of benzene rings is 2. The number of hydrogen-bond acceptors (Lipinski definition) is 2. The minimum absolute atomic E-state index is 0.0260. The van der Waals surface area contributed by atoms with Gasteiger partial charge in [0.2, 0.25) is 0 Å². The Labute approximate surface area is 120 Å². The summed E-state index contributed by atoms with van der Waals surface area (Å²) in [6.45, 7) is 0. The van der Waals surface area contributed by atoms with Gasteiger partial charge in [0, 0.05) is 5.56 Å². The highest BCUT2D eigenvalue weighted by atomic mass is 19.4. The molecule has 5 heteroatoms. The smallest absolute Gasteiger partial charge is 0.278 e. The number of fused-ring (bicyclic) bond motifs is 1. The number of para-hydroxylation sites is 1. The van der Waals surface area contributed by atoms with Crippen LogP contribution in [0.4, 0.5) is 18.9 Å². The molecule has 2 aromatic rings. The lowest BCUT2D eigenvalue weighted by molar-refractivity contribution is -0.136. The summed E-state index contributed by atoms with van der Waals surface area (Å²) in [4.78, 5) is 0. The second kappa shape index (κ2) is 5.24. The highest BCUT2D eigenvalue weighted by molar-refractivity contribution is 6.04. The van der Waals surface area contributed by atoms with Crippen LogP contribution in [-0.2, 0) is 12.6 Å². The molecule has 108 valence electrons. The zero-order chi connectivity index (χ0) is 14.9. The van der Waals surface area contributed by atoms with Gasteiger partial charge in [-0.3, -0.25) is 5.43 Å². The molecule has 0 aliphatic heterocycles. The topological polar surface area (TPSA) is 24.4 Å². The number of hydrogen-bond donors (Lipinski definition) is 1. The van der Waals surface area contributed by atoms with Crippen LogP contribution in [0.1, 0.15) is 23.1 Å². The van der Waals surface area contributed by atoms with Gasteiger partial charge in [0.05, 0.1) is 17.0 Å². The van der Waals surface area contributed by atoms with Crippen molar-refractivity contribution in [3.05, 3.63) is 65.2 Å². The lowest BCUT2D eigenvalue weighted by Gasteiger charge is -2.12. The first-order chi connectivity index (χ1) is 10.1. The second-order valence-electron chi connectivity index (χ2n) is 4.87. The van der Waals surface area contributed by atoms with Crippen LogP contribution in [0.2, 0.25) is 0 Å². The van der Waals surface area contributed by atoms with E-state index < -0.39 is 11.7 Å². The fraction of sp³-hybridized carbons (Fsp3) is 0.188. The van der Waals surface area contributed by atoms with Crippen molar-refractivity contribution >= 4 is 11.4 Å². The van der Waals surface area contributed by atoms with Gasteiger partial charge >= 0.3 is 6.18 Å². The van der Waals surface area contributed by atoms with Crippen molar-refractivity contribution in [1.29, 1.82) is 0 Å². The summed E-state index contributed by atoms with van der Waals surface area (Å²) in [7, 11) is 0. The molecule has 0 spiro atoms. The van der Waals surface area contributed by atoms with E-state index in [1.54, 1.807) is 6.07 Å². The van der Waals surface area contributed by atoms with Crippen molar-refractivity contribution in [2.45, 2.75) is 19.0 Å².